The summed E-state index contributed by atoms with van der Waals surface area (Å²) < 4.78 is 5.99. The Morgan fingerprint density at radius 2 is 1.67 bits per heavy atom. The first-order chi connectivity index (χ1) is 14.8. The molecule has 0 saturated heterocycles. The van der Waals surface area contributed by atoms with Crippen LogP contribution in [0.25, 0.3) is 22.4 Å². The summed E-state index contributed by atoms with van der Waals surface area (Å²) >= 11 is 0. The number of para-hydroxylation sites is 3. The molecule has 30 heavy (non-hydrogen) atoms. The summed E-state index contributed by atoms with van der Waals surface area (Å²) in [5.41, 5.74) is 4.02. The number of aromatic nitrogens is 2. The molecule has 5 heteroatoms. The van der Waals surface area contributed by atoms with Crippen molar-refractivity contribution in [3.05, 3.63) is 78.4 Å². The van der Waals surface area contributed by atoms with Crippen molar-refractivity contribution < 1.29 is 9.53 Å². The summed E-state index contributed by atoms with van der Waals surface area (Å²) in [6.45, 7) is 0. The summed E-state index contributed by atoms with van der Waals surface area (Å²) in [6, 6.07) is 22.9. The van der Waals surface area contributed by atoms with Crippen LogP contribution < -0.4 is 10.1 Å². The fourth-order valence-corrected chi connectivity index (χ4v) is 3.96. The molecule has 1 heterocycles. The van der Waals surface area contributed by atoms with Crippen LogP contribution in [0, 0.1) is 0 Å². The number of imidazole rings is 1. The van der Waals surface area contributed by atoms with Gasteiger partial charge in [0.1, 0.15) is 11.6 Å². The molecule has 1 fully saturated rings. The van der Waals surface area contributed by atoms with Crippen molar-refractivity contribution in [2.24, 2.45) is 0 Å². The van der Waals surface area contributed by atoms with Gasteiger partial charge in [0.05, 0.1) is 22.8 Å². The molecule has 1 saturated carbocycles. The smallest absolute Gasteiger partial charge is 0.255 e. The van der Waals surface area contributed by atoms with Crippen LogP contribution in [0.15, 0.2) is 72.8 Å². The van der Waals surface area contributed by atoms with E-state index < -0.39 is 0 Å². The molecule has 150 valence electrons. The number of benzene rings is 3. The fourth-order valence-electron chi connectivity index (χ4n) is 3.96. The van der Waals surface area contributed by atoms with E-state index in [4.69, 9.17) is 4.74 Å². The molecule has 1 aromatic heterocycles. The number of carbonyl (C=O) groups excluding carboxylic acids is 1. The second-order valence-electron chi connectivity index (χ2n) is 7.65. The van der Waals surface area contributed by atoms with Crippen molar-refractivity contribution in [2.75, 3.05) is 5.32 Å². The molecule has 4 aromatic rings. The van der Waals surface area contributed by atoms with Gasteiger partial charge < -0.3 is 15.0 Å². The van der Waals surface area contributed by atoms with E-state index >= 15 is 0 Å². The van der Waals surface area contributed by atoms with Gasteiger partial charge in [-0.15, -0.1) is 0 Å². The molecule has 0 spiro atoms. The van der Waals surface area contributed by atoms with E-state index in [1.807, 2.05) is 72.8 Å². The highest BCUT2D eigenvalue weighted by atomic mass is 16.5. The molecule has 0 unspecified atom stereocenters. The highest BCUT2D eigenvalue weighted by Gasteiger charge is 2.17. The lowest BCUT2D eigenvalue weighted by molar-refractivity contribution is 0.102. The number of anilines is 1. The van der Waals surface area contributed by atoms with Crippen LogP contribution in [0.1, 0.15) is 36.0 Å². The van der Waals surface area contributed by atoms with Gasteiger partial charge in [-0.2, -0.15) is 0 Å². The van der Waals surface area contributed by atoms with Gasteiger partial charge >= 0.3 is 0 Å². The summed E-state index contributed by atoms with van der Waals surface area (Å²) in [5, 5.41) is 3.02. The zero-order valence-electron chi connectivity index (χ0n) is 16.6. The van der Waals surface area contributed by atoms with Crippen LogP contribution in [0.2, 0.25) is 0 Å². The number of rotatable bonds is 5. The fraction of sp³-hybridized carbons (Fsp3) is 0.200. The monoisotopic (exact) mass is 397 g/mol. The minimum absolute atomic E-state index is 0.161. The van der Waals surface area contributed by atoms with E-state index in [0.29, 0.717) is 17.4 Å². The van der Waals surface area contributed by atoms with Crippen LogP contribution >= 0.6 is 0 Å². The molecule has 1 aliphatic rings. The molecular weight excluding hydrogens is 374 g/mol. The molecule has 0 radical (unpaired) electrons. The summed E-state index contributed by atoms with van der Waals surface area (Å²) in [7, 11) is 0. The molecule has 1 amide bonds. The van der Waals surface area contributed by atoms with Gasteiger partial charge in [0.25, 0.3) is 5.91 Å². The zero-order chi connectivity index (χ0) is 20.3. The van der Waals surface area contributed by atoms with Gasteiger partial charge in [-0.3, -0.25) is 4.79 Å². The predicted molar refractivity (Wildman–Crippen MR) is 119 cm³/mol. The molecule has 0 bridgehead atoms. The third-order valence-corrected chi connectivity index (χ3v) is 5.54. The number of carbonyl (C=O) groups is 1. The number of ether oxygens (including phenoxy) is 1. The quantitative estimate of drug-likeness (QED) is 0.447. The number of fused-ring (bicyclic) bond motifs is 1. The van der Waals surface area contributed by atoms with E-state index in [1.54, 1.807) is 0 Å². The molecule has 0 atom stereocenters. The Morgan fingerprint density at radius 1 is 0.933 bits per heavy atom. The van der Waals surface area contributed by atoms with Gasteiger partial charge in [-0.1, -0.05) is 24.3 Å². The Labute approximate surface area is 175 Å². The van der Waals surface area contributed by atoms with Gasteiger partial charge in [-0.25, -0.2) is 4.98 Å². The number of H-pyrrole nitrogens is 1. The number of nitrogens with one attached hydrogen (secondary N) is 2. The highest BCUT2D eigenvalue weighted by molar-refractivity contribution is 6.06. The standard InChI is InChI=1S/C25H23N3O2/c29-25(17-13-15-19(16-14-17)30-18-7-1-2-8-18)28-21-10-4-3-9-20(21)24-26-22-11-5-6-12-23(22)27-24/h3-6,9-16,18H,1-2,7-8H2,(H,26,27)(H,28,29). The number of nitrogens with zero attached hydrogens (tertiary/aromatic N) is 1. The van der Waals surface area contributed by atoms with Crippen molar-refractivity contribution in [2.45, 2.75) is 31.8 Å². The van der Waals surface area contributed by atoms with Crippen LogP contribution in [0.5, 0.6) is 5.75 Å². The summed E-state index contributed by atoms with van der Waals surface area (Å²) in [4.78, 5) is 20.8. The van der Waals surface area contributed by atoms with Gasteiger partial charge in [0.15, 0.2) is 0 Å². The number of hydrogen-bond donors (Lipinski definition) is 2. The minimum atomic E-state index is -0.161. The summed E-state index contributed by atoms with van der Waals surface area (Å²) in [5.74, 6) is 1.39. The average Bonchev–Trinajstić information content (AvgIpc) is 3.44. The lowest BCUT2D eigenvalue weighted by Crippen LogP contribution is -2.13. The first-order valence-corrected chi connectivity index (χ1v) is 10.4. The summed E-state index contributed by atoms with van der Waals surface area (Å²) in [6.07, 6.45) is 4.99. The van der Waals surface area contributed by atoms with E-state index in [0.717, 1.165) is 41.0 Å². The van der Waals surface area contributed by atoms with Gasteiger partial charge in [0.2, 0.25) is 0 Å². The molecule has 5 nitrogen and oxygen atoms in total. The lowest BCUT2D eigenvalue weighted by Gasteiger charge is -2.13. The first kappa shape index (κ1) is 18.4. The SMILES string of the molecule is O=C(Nc1ccccc1-c1nc2ccccc2[nH]1)c1ccc(OC2CCCC2)cc1. The van der Waals surface area contributed by atoms with Crippen LogP contribution in [0.4, 0.5) is 5.69 Å². The topological polar surface area (TPSA) is 67.0 Å². The van der Waals surface area contributed by atoms with Crippen molar-refractivity contribution in [1.29, 1.82) is 0 Å². The first-order valence-electron chi connectivity index (χ1n) is 10.4. The van der Waals surface area contributed by atoms with E-state index in [2.05, 4.69) is 15.3 Å². The third kappa shape index (κ3) is 3.79. The molecular formula is C25H23N3O2. The Hall–Kier alpha value is -3.60. The zero-order valence-corrected chi connectivity index (χ0v) is 16.6. The average molecular weight is 397 g/mol. The Bertz CT molecular complexity index is 1140. The maximum atomic E-state index is 12.8. The second-order valence-corrected chi connectivity index (χ2v) is 7.65. The minimum Gasteiger partial charge on any atom is -0.490 e. The van der Waals surface area contributed by atoms with E-state index in [9.17, 15) is 4.79 Å². The lowest BCUT2D eigenvalue weighted by atomic mass is 10.1. The van der Waals surface area contributed by atoms with Crippen LogP contribution in [-0.2, 0) is 0 Å². The van der Waals surface area contributed by atoms with Crippen molar-refractivity contribution in [3.8, 4) is 17.1 Å². The highest BCUT2D eigenvalue weighted by Crippen LogP contribution is 2.28. The van der Waals surface area contributed by atoms with Crippen LogP contribution in [-0.4, -0.2) is 22.0 Å². The third-order valence-electron chi connectivity index (χ3n) is 5.54. The second kappa shape index (κ2) is 8.03. The molecule has 2 N–H and O–H groups in total. The van der Waals surface area contributed by atoms with Crippen LogP contribution in [0.3, 0.4) is 0 Å². The normalized spacial score (nSPS) is 14.1. The van der Waals surface area contributed by atoms with Crippen molar-refractivity contribution >= 4 is 22.6 Å². The van der Waals surface area contributed by atoms with Gasteiger partial charge in [0, 0.05) is 11.1 Å². The number of aromatic amines is 1. The maximum absolute atomic E-state index is 12.8. The Morgan fingerprint density at radius 3 is 2.47 bits per heavy atom. The van der Waals surface area contributed by atoms with E-state index in [-0.39, 0.29) is 5.91 Å². The van der Waals surface area contributed by atoms with Gasteiger partial charge in [-0.05, 0) is 74.2 Å². The molecule has 5 rings (SSSR count). The Kier molecular flexibility index (Phi) is 4.93. The number of amides is 1. The predicted octanol–water partition coefficient (Wildman–Crippen LogP) is 5.80. The molecule has 1 aliphatic carbocycles. The number of hydrogen-bond acceptors (Lipinski definition) is 3. The maximum Gasteiger partial charge on any atom is 0.255 e. The van der Waals surface area contributed by atoms with Crippen molar-refractivity contribution in [3.63, 3.8) is 0 Å². The molecule has 3 aromatic carbocycles. The largest absolute Gasteiger partial charge is 0.490 e. The van der Waals surface area contributed by atoms with E-state index in [1.165, 1.54) is 12.8 Å². The Balaban J connectivity index is 1.35. The van der Waals surface area contributed by atoms with Crippen molar-refractivity contribution in [1.82, 2.24) is 9.97 Å². The molecule has 0 aliphatic heterocycles.